The van der Waals surface area contributed by atoms with Crippen LogP contribution >= 0.6 is 0 Å². The van der Waals surface area contributed by atoms with Crippen LogP contribution in [-0.4, -0.2) is 82.0 Å². The van der Waals surface area contributed by atoms with E-state index in [0.29, 0.717) is 29.7 Å². The van der Waals surface area contributed by atoms with Gasteiger partial charge in [0.15, 0.2) is 5.96 Å². The first-order valence-electron chi connectivity index (χ1n) is 10.4. The molecular formula is C18H34F3N5O2S. The maximum atomic E-state index is 12.6. The first-order chi connectivity index (χ1) is 13.6. The first kappa shape index (κ1) is 24.2. The summed E-state index contributed by atoms with van der Waals surface area (Å²) in [5, 5.41) is 6.47. The molecule has 2 heterocycles. The zero-order chi connectivity index (χ0) is 21.5. The molecule has 1 atom stereocenters. The highest BCUT2D eigenvalue weighted by Gasteiger charge is 2.50. The topological polar surface area (TPSA) is 77.0 Å². The number of likely N-dealkylation sites (tertiary alicyclic amines) is 1. The molecule has 11 heteroatoms. The normalized spacial score (nSPS) is 23.9. The van der Waals surface area contributed by atoms with E-state index >= 15 is 0 Å². The van der Waals surface area contributed by atoms with E-state index in [1.165, 1.54) is 19.4 Å². The summed E-state index contributed by atoms with van der Waals surface area (Å²) in [4.78, 5) is 6.68. The fraction of sp³-hybridized carbons (Fsp3) is 0.944. The van der Waals surface area contributed by atoms with Crippen molar-refractivity contribution in [2.45, 2.75) is 44.5 Å². The van der Waals surface area contributed by atoms with Crippen LogP contribution in [0.2, 0.25) is 0 Å². The van der Waals surface area contributed by atoms with Gasteiger partial charge in [-0.1, -0.05) is 6.92 Å². The van der Waals surface area contributed by atoms with Crippen LogP contribution < -0.4 is 10.6 Å². The van der Waals surface area contributed by atoms with Crippen LogP contribution in [0, 0.1) is 11.8 Å². The minimum atomic E-state index is -5.23. The van der Waals surface area contributed by atoms with E-state index in [4.69, 9.17) is 0 Å². The third-order valence-corrected chi connectivity index (χ3v) is 7.30. The number of hydrogen-bond acceptors (Lipinski definition) is 4. The molecular weight excluding hydrogens is 407 g/mol. The van der Waals surface area contributed by atoms with Crippen molar-refractivity contribution in [1.82, 2.24) is 19.8 Å². The van der Waals surface area contributed by atoms with Gasteiger partial charge in [-0.2, -0.15) is 17.5 Å². The van der Waals surface area contributed by atoms with Crippen LogP contribution in [0.15, 0.2) is 4.99 Å². The van der Waals surface area contributed by atoms with Crippen LogP contribution in [0.3, 0.4) is 0 Å². The lowest BCUT2D eigenvalue weighted by molar-refractivity contribution is -0.0496. The SMILES string of the molecule is CN=C(NCCCN1CCCC(C)C1)NCC1CCN(S(=O)(=O)C(F)(F)F)CC1. The zero-order valence-electron chi connectivity index (χ0n) is 17.3. The number of aliphatic imine (C=N–C) groups is 1. The summed E-state index contributed by atoms with van der Waals surface area (Å²) in [7, 11) is -3.53. The third-order valence-electron chi connectivity index (χ3n) is 5.67. The van der Waals surface area contributed by atoms with Gasteiger partial charge in [0.05, 0.1) is 0 Å². The summed E-state index contributed by atoms with van der Waals surface area (Å²) >= 11 is 0. The molecule has 1 unspecified atom stereocenters. The third kappa shape index (κ3) is 7.29. The van der Waals surface area contributed by atoms with E-state index in [9.17, 15) is 21.6 Å². The molecule has 2 fully saturated rings. The Morgan fingerprint density at radius 1 is 1.14 bits per heavy atom. The quantitative estimate of drug-likeness (QED) is 0.358. The lowest BCUT2D eigenvalue weighted by Crippen LogP contribution is -2.47. The van der Waals surface area contributed by atoms with Gasteiger partial charge < -0.3 is 15.5 Å². The second-order valence-corrected chi connectivity index (χ2v) is 10.0. The van der Waals surface area contributed by atoms with E-state index in [0.717, 1.165) is 32.0 Å². The second-order valence-electron chi connectivity index (χ2n) is 8.07. The van der Waals surface area contributed by atoms with E-state index in [1.807, 2.05) is 0 Å². The Kier molecular flexibility index (Phi) is 9.02. The van der Waals surface area contributed by atoms with Gasteiger partial charge in [0, 0.05) is 39.8 Å². The van der Waals surface area contributed by atoms with Crippen molar-refractivity contribution in [1.29, 1.82) is 0 Å². The van der Waals surface area contributed by atoms with E-state index < -0.39 is 15.5 Å². The van der Waals surface area contributed by atoms with Crippen LogP contribution in [0.1, 0.15) is 39.0 Å². The molecule has 0 bridgehead atoms. The van der Waals surface area contributed by atoms with Crippen molar-refractivity contribution < 1.29 is 21.6 Å². The Balaban J connectivity index is 1.63. The van der Waals surface area contributed by atoms with Gasteiger partial charge in [0.25, 0.3) is 0 Å². The summed E-state index contributed by atoms with van der Waals surface area (Å²) in [6.07, 6.45) is 4.38. The van der Waals surface area contributed by atoms with Crippen molar-refractivity contribution in [3.8, 4) is 0 Å². The second kappa shape index (κ2) is 10.8. The van der Waals surface area contributed by atoms with E-state index in [2.05, 4.69) is 27.4 Å². The van der Waals surface area contributed by atoms with Gasteiger partial charge in [-0.15, -0.1) is 0 Å². The number of halogens is 3. The Morgan fingerprint density at radius 3 is 2.41 bits per heavy atom. The van der Waals surface area contributed by atoms with Gasteiger partial charge in [-0.3, -0.25) is 4.99 Å². The van der Waals surface area contributed by atoms with Crippen LogP contribution in [0.5, 0.6) is 0 Å². The lowest BCUT2D eigenvalue weighted by Gasteiger charge is -2.32. The highest BCUT2D eigenvalue weighted by atomic mass is 32.2. The number of rotatable bonds is 7. The molecule has 2 aliphatic heterocycles. The maximum absolute atomic E-state index is 12.6. The van der Waals surface area contributed by atoms with E-state index in [-0.39, 0.29) is 19.0 Å². The fourth-order valence-electron chi connectivity index (χ4n) is 3.96. The Morgan fingerprint density at radius 2 is 1.83 bits per heavy atom. The number of piperidine rings is 2. The van der Waals surface area contributed by atoms with Gasteiger partial charge in [0.2, 0.25) is 0 Å². The lowest BCUT2D eigenvalue weighted by atomic mass is 9.98. The smallest absolute Gasteiger partial charge is 0.356 e. The highest BCUT2D eigenvalue weighted by molar-refractivity contribution is 7.90. The average Bonchev–Trinajstić information content (AvgIpc) is 2.67. The Hall–Kier alpha value is -1.07. The number of nitrogens with one attached hydrogen (secondary N) is 2. The number of sulfonamides is 1. The average molecular weight is 442 g/mol. The van der Waals surface area contributed by atoms with Gasteiger partial charge >= 0.3 is 15.5 Å². The monoisotopic (exact) mass is 441 g/mol. The fourth-order valence-corrected chi connectivity index (χ4v) is 4.95. The molecule has 0 aliphatic carbocycles. The Labute approximate surface area is 172 Å². The highest BCUT2D eigenvalue weighted by Crippen LogP contribution is 2.30. The molecule has 29 heavy (non-hydrogen) atoms. The summed E-state index contributed by atoms with van der Waals surface area (Å²) in [5.41, 5.74) is -5.23. The minimum absolute atomic E-state index is 0.103. The first-order valence-corrected chi connectivity index (χ1v) is 11.8. The molecule has 2 aliphatic rings. The zero-order valence-corrected chi connectivity index (χ0v) is 18.2. The van der Waals surface area contributed by atoms with Gasteiger partial charge in [-0.05, 0) is 57.0 Å². The van der Waals surface area contributed by atoms with Crippen molar-refractivity contribution in [2.24, 2.45) is 16.8 Å². The number of alkyl halides is 3. The van der Waals surface area contributed by atoms with Crippen LogP contribution in [0.4, 0.5) is 13.2 Å². The predicted octanol–water partition coefficient (Wildman–Crippen LogP) is 1.83. The molecule has 0 aromatic carbocycles. The van der Waals surface area contributed by atoms with Crippen molar-refractivity contribution in [3.63, 3.8) is 0 Å². The molecule has 170 valence electrons. The van der Waals surface area contributed by atoms with Crippen molar-refractivity contribution >= 4 is 16.0 Å². The molecule has 0 aromatic heterocycles. The summed E-state index contributed by atoms with van der Waals surface area (Å²) in [6, 6.07) is 0. The molecule has 0 spiro atoms. The predicted molar refractivity (Wildman–Crippen MR) is 108 cm³/mol. The maximum Gasteiger partial charge on any atom is 0.511 e. The van der Waals surface area contributed by atoms with Crippen molar-refractivity contribution in [2.75, 3.05) is 52.9 Å². The molecule has 2 N–H and O–H groups in total. The van der Waals surface area contributed by atoms with Crippen LogP contribution in [0.25, 0.3) is 0 Å². The largest absolute Gasteiger partial charge is 0.511 e. The summed E-state index contributed by atoms with van der Waals surface area (Å²) in [6.45, 7) is 6.83. The van der Waals surface area contributed by atoms with Gasteiger partial charge in [-0.25, -0.2) is 8.42 Å². The molecule has 2 rings (SSSR count). The Bertz CT molecular complexity index is 634. The molecule has 7 nitrogen and oxygen atoms in total. The number of nitrogens with zero attached hydrogens (tertiary/aromatic N) is 3. The molecule has 0 saturated carbocycles. The molecule has 0 amide bonds. The number of hydrogen-bond donors (Lipinski definition) is 2. The molecule has 0 aromatic rings. The molecule has 2 saturated heterocycles. The minimum Gasteiger partial charge on any atom is -0.356 e. The number of guanidine groups is 1. The van der Waals surface area contributed by atoms with Crippen molar-refractivity contribution in [3.05, 3.63) is 0 Å². The summed E-state index contributed by atoms with van der Waals surface area (Å²) in [5.74, 6) is 1.55. The standard InChI is InChI=1S/C18H34F3N5O2S/c1-15-5-3-9-25(14-15)10-4-8-23-17(22-2)24-13-16-6-11-26(12-7-16)29(27,28)18(19,20)21/h15-16H,3-14H2,1-2H3,(H2,22,23,24). The van der Waals surface area contributed by atoms with Crippen LogP contribution in [-0.2, 0) is 10.0 Å². The molecule has 0 radical (unpaired) electrons. The van der Waals surface area contributed by atoms with E-state index in [1.54, 1.807) is 7.05 Å². The summed E-state index contributed by atoms with van der Waals surface area (Å²) < 4.78 is 61.3. The van der Waals surface area contributed by atoms with Gasteiger partial charge in [0.1, 0.15) is 0 Å².